The minimum Gasteiger partial charge on any atom is -0.462 e. The van der Waals surface area contributed by atoms with E-state index in [1.165, 1.54) is 5.69 Å². The maximum Gasteiger partial charge on any atom is 0.306 e. The molecule has 6 aliphatic rings. The van der Waals surface area contributed by atoms with Crippen LogP contribution in [-0.4, -0.2) is 129 Å². The molecule has 4 heterocycles. The highest BCUT2D eigenvalue weighted by Crippen LogP contribution is 2.62. The number of carbonyl (C=O) groups is 2. The van der Waals surface area contributed by atoms with Gasteiger partial charge in [-0.2, -0.15) is 0 Å². The van der Waals surface area contributed by atoms with Gasteiger partial charge in [-0.15, -0.1) is 0 Å². The third-order valence-electron chi connectivity index (χ3n) is 15.6. The smallest absolute Gasteiger partial charge is 0.306 e. The number of cyclic esters (lactones) is 1. The number of esters is 1. The number of likely N-dealkylation sites (N-methyl/N-ethyl adjacent to an activating group) is 1. The van der Waals surface area contributed by atoms with Gasteiger partial charge in [0.1, 0.15) is 30.2 Å². The summed E-state index contributed by atoms with van der Waals surface area (Å²) in [6.45, 7) is 11.1. The molecule has 13 nitrogen and oxygen atoms in total. The summed E-state index contributed by atoms with van der Waals surface area (Å²) in [7, 11) is 9.18. The van der Waals surface area contributed by atoms with E-state index in [4.69, 9.17) is 42.9 Å². The van der Waals surface area contributed by atoms with Crippen molar-refractivity contribution >= 4 is 11.8 Å². The van der Waals surface area contributed by atoms with Gasteiger partial charge >= 0.3 is 5.97 Å². The second-order valence-corrected chi connectivity index (χ2v) is 19.3. The molecule has 4 fully saturated rings. The number of nitrogens with zero attached hydrogens (tertiary/aromatic N) is 3. The predicted molar refractivity (Wildman–Crippen MR) is 237 cm³/mol. The number of fused-ring (bicyclic) bond motifs is 8. The molecule has 348 valence electrons. The lowest BCUT2D eigenvalue weighted by molar-refractivity contribution is -0.314. The van der Waals surface area contributed by atoms with Gasteiger partial charge in [0, 0.05) is 68.8 Å². The Hall–Kier alpha value is -3.01. The topological polar surface area (TPSA) is 129 Å². The van der Waals surface area contributed by atoms with Crippen LogP contribution < -0.4 is 0 Å². The van der Waals surface area contributed by atoms with E-state index in [1.54, 1.807) is 21.3 Å². The molecule has 1 aromatic heterocycles. The van der Waals surface area contributed by atoms with Gasteiger partial charge < -0.3 is 47.4 Å². The number of carbonyl (C=O) groups excluding carboxylic acids is 2. The molecular formula is C50H73N3O10. The van der Waals surface area contributed by atoms with Gasteiger partial charge in [-0.3, -0.25) is 9.59 Å². The highest BCUT2D eigenvalue weighted by molar-refractivity contribution is 5.99. The van der Waals surface area contributed by atoms with Gasteiger partial charge in [0.25, 0.3) is 0 Å². The first kappa shape index (κ1) is 46.5. The van der Waals surface area contributed by atoms with E-state index in [0.29, 0.717) is 24.5 Å². The van der Waals surface area contributed by atoms with E-state index in [9.17, 15) is 4.79 Å². The predicted octanol–water partition coefficient (Wildman–Crippen LogP) is 7.45. The Morgan fingerprint density at radius 3 is 2.25 bits per heavy atom. The summed E-state index contributed by atoms with van der Waals surface area (Å²) < 4.78 is 53.2. The average molecular weight is 876 g/mol. The summed E-state index contributed by atoms with van der Waals surface area (Å²) in [6, 6.07) is 10.7. The zero-order valence-electron chi connectivity index (χ0n) is 39.3. The lowest BCUT2D eigenvalue weighted by Crippen LogP contribution is -2.59. The fourth-order valence-corrected chi connectivity index (χ4v) is 12.5. The molecule has 0 spiro atoms. The molecule has 13 heteroatoms. The van der Waals surface area contributed by atoms with E-state index in [-0.39, 0.29) is 90.9 Å². The first-order chi connectivity index (χ1) is 30.4. The summed E-state index contributed by atoms with van der Waals surface area (Å²) >= 11 is 0. The maximum atomic E-state index is 15.3. The quantitative estimate of drug-likeness (QED) is 0.208. The van der Waals surface area contributed by atoms with Gasteiger partial charge in [0.15, 0.2) is 18.4 Å². The lowest BCUT2D eigenvalue weighted by atomic mass is 9.66. The number of hydrogen-bond acceptors (Lipinski definition) is 12. The number of ether oxygens (including phenoxy) is 8. The SMILES string of the molecule is CC[C@H]1CCC[C@H](O[C@H]2CC[C@H](N(C)C)C(C)O2)[C@@H](C)C(=O)C2=C[C@H]3[C@@H]4C[C@H](O[C@@H]5OC(C)[C@H](OC)[C@@H](OC)C5OC)C[C@H]4c4c(nc(-c5ccccc5)n4CC)[C@H]3[C@@H]2CC(=O)O1. The molecule has 0 radical (unpaired) electrons. The van der Waals surface area contributed by atoms with Crippen LogP contribution in [0.2, 0.25) is 0 Å². The average Bonchev–Trinajstić information content (AvgIpc) is 3.98. The zero-order valence-corrected chi connectivity index (χ0v) is 39.3. The van der Waals surface area contributed by atoms with Crippen LogP contribution in [0, 0.1) is 23.7 Å². The number of methoxy groups -OCH3 is 3. The molecule has 1 saturated carbocycles. The van der Waals surface area contributed by atoms with E-state index in [2.05, 4.69) is 62.5 Å². The van der Waals surface area contributed by atoms with Crippen molar-refractivity contribution in [2.45, 2.75) is 178 Å². The van der Waals surface area contributed by atoms with Crippen LogP contribution in [0.5, 0.6) is 0 Å². The van der Waals surface area contributed by atoms with Crippen LogP contribution in [0.1, 0.15) is 116 Å². The first-order valence-electron chi connectivity index (χ1n) is 23.9. The highest BCUT2D eigenvalue weighted by Gasteiger charge is 2.57. The Bertz CT molecular complexity index is 1920. The molecule has 63 heavy (non-hydrogen) atoms. The van der Waals surface area contributed by atoms with Gasteiger partial charge in [-0.05, 0) is 104 Å². The Balaban J connectivity index is 1.17. The Labute approximate surface area is 374 Å². The highest BCUT2D eigenvalue weighted by atomic mass is 16.7. The Morgan fingerprint density at radius 1 is 0.841 bits per heavy atom. The molecule has 0 amide bonds. The molecule has 3 aliphatic heterocycles. The summed E-state index contributed by atoms with van der Waals surface area (Å²) in [5, 5.41) is 0. The van der Waals surface area contributed by atoms with Gasteiger partial charge in [-0.25, -0.2) is 4.98 Å². The van der Waals surface area contributed by atoms with Gasteiger partial charge in [-0.1, -0.05) is 50.3 Å². The van der Waals surface area contributed by atoms with E-state index in [0.717, 1.165) is 62.2 Å². The van der Waals surface area contributed by atoms with E-state index in [1.807, 2.05) is 32.0 Å². The lowest BCUT2D eigenvalue weighted by Gasteiger charge is -2.44. The molecule has 8 rings (SSSR count). The molecular weight excluding hydrogens is 803 g/mol. The van der Waals surface area contributed by atoms with Crippen LogP contribution in [-0.2, 0) is 54.0 Å². The monoisotopic (exact) mass is 876 g/mol. The molecule has 0 bridgehead atoms. The van der Waals surface area contributed by atoms with Crippen LogP contribution in [0.25, 0.3) is 11.4 Å². The van der Waals surface area contributed by atoms with Crippen molar-refractivity contribution in [3.8, 4) is 11.4 Å². The second-order valence-electron chi connectivity index (χ2n) is 19.3. The second kappa shape index (κ2) is 19.8. The summed E-state index contributed by atoms with van der Waals surface area (Å²) in [4.78, 5) is 37.2. The number of hydrogen-bond donors (Lipinski definition) is 0. The van der Waals surface area contributed by atoms with Crippen molar-refractivity contribution in [2.75, 3.05) is 35.4 Å². The molecule has 1 aromatic carbocycles. The number of aromatic nitrogens is 2. The van der Waals surface area contributed by atoms with E-state index >= 15 is 4.79 Å². The fraction of sp³-hybridized carbons (Fsp3) is 0.740. The summed E-state index contributed by atoms with van der Waals surface area (Å²) in [6.07, 6.45) is 5.22. The number of ketones is 1. The maximum absolute atomic E-state index is 15.3. The van der Waals surface area contributed by atoms with Crippen LogP contribution in [0.4, 0.5) is 0 Å². The van der Waals surface area contributed by atoms with Crippen molar-refractivity contribution in [1.29, 1.82) is 0 Å². The van der Waals surface area contributed by atoms with Gasteiger partial charge in [0.2, 0.25) is 0 Å². The standard InChI is InChI=1S/C50H73N3O10/c1-11-31-19-16-20-39(63-41-22-21-38(52(6)7)28(4)59-41)27(3)45(55)37-25-34-33-23-32(62-50-48(58-10)47(57-9)46(56-8)29(5)60-50)24-36(33)44-43(42(34)35(37)26-40(54)61-31)51-49(53(44)12-2)30-17-14-13-15-18-30/h13-15,17-18,25,27-29,31-36,38-39,41-42,46-48,50H,11-12,16,19-24,26H2,1-10H3/t27-,28?,29?,31+,32+,33+,34+,35-,36-,38+,39+,41+,42-,46+,47-,48?,50+/m1/s1. The van der Waals surface area contributed by atoms with Crippen LogP contribution in [0.15, 0.2) is 42.0 Å². The van der Waals surface area contributed by atoms with Crippen LogP contribution >= 0.6 is 0 Å². The third-order valence-corrected chi connectivity index (χ3v) is 15.6. The minimum absolute atomic E-state index is 0.00661. The molecule has 17 atom stereocenters. The Morgan fingerprint density at radius 2 is 1.59 bits per heavy atom. The van der Waals surface area contributed by atoms with Crippen molar-refractivity contribution in [1.82, 2.24) is 14.5 Å². The van der Waals surface area contributed by atoms with Gasteiger partial charge in [0.05, 0.1) is 36.5 Å². The number of allylic oxidation sites excluding steroid dienone is 2. The number of Topliss-reactive ketones (excluding diaryl/α,β-unsaturated/α-hetero) is 1. The first-order valence-corrected chi connectivity index (χ1v) is 23.9. The van der Waals surface area contributed by atoms with E-state index < -0.39 is 24.2 Å². The molecule has 2 aromatic rings. The summed E-state index contributed by atoms with van der Waals surface area (Å²) in [5.41, 5.74) is 3.92. The van der Waals surface area contributed by atoms with Crippen molar-refractivity contribution in [2.24, 2.45) is 23.7 Å². The molecule has 3 unspecified atom stereocenters. The minimum atomic E-state index is -0.666. The van der Waals surface area contributed by atoms with Crippen molar-refractivity contribution < 1.29 is 47.5 Å². The number of benzene rings is 1. The number of rotatable bonds is 11. The number of imidazole rings is 1. The van der Waals surface area contributed by atoms with Crippen molar-refractivity contribution in [3.05, 3.63) is 53.4 Å². The third kappa shape index (κ3) is 8.99. The molecule has 3 aliphatic carbocycles. The molecule has 0 N–H and O–H groups in total. The van der Waals surface area contributed by atoms with Crippen molar-refractivity contribution in [3.63, 3.8) is 0 Å². The molecule has 3 saturated heterocycles. The summed E-state index contributed by atoms with van der Waals surface area (Å²) in [5.74, 6) is -0.167. The Kier molecular flexibility index (Phi) is 14.7. The largest absolute Gasteiger partial charge is 0.462 e. The van der Waals surface area contributed by atoms with Crippen LogP contribution in [0.3, 0.4) is 0 Å². The zero-order chi connectivity index (χ0) is 44.7. The normalized spacial score (nSPS) is 39.7. The fourth-order valence-electron chi connectivity index (χ4n) is 12.5.